The third-order valence-electron chi connectivity index (χ3n) is 1.31. The normalized spacial score (nSPS) is 11.6. The molecule has 0 atom stereocenters. The van der Waals surface area contributed by atoms with Crippen LogP contribution in [0.15, 0.2) is 20.2 Å². The second-order valence-corrected chi connectivity index (χ2v) is 4.07. The van der Waals surface area contributed by atoms with E-state index in [1.165, 1.54) is 17.3 Å². The molecule has 0 fully saturated rings. The van der Waals surface area contributed by atoms with Crippen LogP contribution >= 0.6 is 35.0 Å². The maximum absolute atomic E-state index is 11.2. The van der Waals surface area contributed by atoms with Crippen LogP contribution in [0, 0.1) is 0 Å². The number of hydrogen-bond donors (Lipinski definition) is 0. The monoisotopic (exact) mass is 282 g/mol. The Hall–Kier alpha value is -0.720. The number of carbonyl (C=O) groups excluding carboxylic acids is 1. The van der Waals surface area contributed by atoms with E-state index in [4.69, 9.17) is 27.6 Å². The fourth-order valence-electron chi connectivity index (χ4n) is 0.706. The van der Waals surface area contributed by atoms with Gasteiger partial charge in [-0.3, -0.25) is 0 Å². The molecule has 0 saturated heterocycles. The summed E-state index contributed by atoms with van der Waals surface area (Å²) >= 11 is 12.2. The molecule has 1 aromatic heterocycles. The van der Waals surface area contributed by atoms with Gasteiger partial charge in [-0.05, 0) is 6.92 Å². The Morgan fingerprint density at radius 3 is 3.00 bits per heavy atom. The molecular formula is C8H8Cl2N2O3S. The van der Waals surface area contributed by atoms with Crippen LogP contribution in [0.2, 0.25) is 0 Å². The van der Waals surface area contributed by atoms with Crippen molar-refractivity contribution < 1.29 is 13.9 Å². The molecule has 88 valence electrons. The average Bonchev–Trinajstić information content (AvgIpc) is 2.75. The van der Waals surface area contributed by atoms with Gasteiger partial charge >= 0.3 is 11.9 Å². The lowest BCUT2D eigenvalue weighted by Gasteiger charge is -1.94. The predicted octanol–water partition coefficient (Wildman–Crippen LogP) is 2.66. The molecule has 0 N–H and O–H groups in total. The zero-order valence-corrected chi connectivity index (χ0v) is 10.6. The zero-order chi connectivity index (χ0) is 12.0. The van der Waals surface area contributed by atoms with Crippen molar-refractivity contribution in [1.82, 2.24) is 10.2 Å². The number of nitrogens with zero attached hydrogens (tertiary/aromatic N) is 2. The quantitative estimate of drug-likeness (QED) is 0.611. The van der Waals surface area contributed by atoms with E-state index in [0.29, 0.717) is 10.8 Å². The highest BCUT2D eigenvalue weighted by molar-refractivity contribution is 7.99. The van der Waals surface area contributed by atoms with Crippen molar-refractivity contribution in [2.45, 2.75) is 12.1 Å². The van der Waals surface area contributed by atoms with E-state index in [9.17, 15) is 4.79 Å². The largest absolute Gasteiger partial charge is 0.459 e. The lowest BCUT2D eigenvalue weighted by Crippen LogP contribution is -2.04. The maximum atomic E-state index is 11.2. The third-order valence-corrected chi connectivity index (χ3v) is 2.95. The highest BCUT2D eigenvalue weighted by atomic mass is 35.5. The second kappa shape index (κ2) is 6.78. The topological polar surface area (TPSA) is 65.2 Å². The summed E-state index contributed by atoms with van der Waals surface area (Å²) in [6.45, 7) is 1.94. The minimum Gasteiger partial charge on any atom is -0.459 e. The van der Waals surface area contributed by atoms with Gasteiger partial charge in [0.2, 0.25) is 0 Å². The summed E-state index contributed by atoms with van der Waals surface area (Å²) in [5, 5.41) is 7.86. The zero-order valence-electron chi connectivity index (χ0n) is 8.27. The smallest absolute Gasteiger partial charge is 0.396 e. The molecule has 1 aromatic rings. The molecule has 0 aliphatic heterocycles. The van der Waals surface area contributed by atoms with Crippen molar-refractivity contribution in [3.05, 3.63) is 16.5 Å². The molecule has 0 bridgehead atoms. The van der Waals surface area contributed by atoms with E-state index in [0.717, 1.165) is 0 Å². The van der Waals surface area contributed by atoms with E-state index < -0.39 is 5.97 Å². The maximum Gasteiger partial charge on any atom is 0.396 e. The van der Waals surface area contributed by atoms with Gasteiger partial charge in [-0.2, -0.15) is 0 Å². The van der Waals surface area contributed by atoms with Crippen LogP contribution in [0.4, 0.5) is 0 Å². The van der Waals surface area contributed by atoms with Crippen LogP contribution in [-0.4, -0.2) is 28.5 Å². The Morgan fingerprint density at radius 2 is 2.38 bits per heavy atom. The van der Waals surface area contributed by atoms with Crippen molar-refractivity contribution >= 4 is 40.9 Å². The number of ether oxygens (including phenoxy) is 1. The summed E-state index contributed by atoms with van der Waals surface area (Å²) in [7, 11) is 0. The molecule has 0 spiro atoms. The Balaban J connectivity index is 2.54. The molecule has 0 unspecified atom stereocenters. The number of hydrogen-bond acceptors (Lipinski definition) is 6. The molecule has 1 rings (SSSR count). The SMILES string of the molecule is CCOC(=O)c1nnc(SCC(Cl)=CCl)o1. The Kier molecular flexibility index (Phi) is 5.65. The van der Waals surface area contributed by atoms with Gasteiger partial charge in [0.05, 0.1) is 6.61 Å². The van der Waals surface area contributed by atoms with Gasteiger partial charge in [-0.15, -0.1) is 5.10 Å². The molecule has 0 aromatic carbocycles. The van der Waals surface area contributed by atoms with Crippen LogP contribution < -0.4 is 0 Å². The van der Waals surface area contributed by atoms with E-state index in [1.54, 1.807) is 6.92 Å². The first kappa shape index (κ1) is 13.3. The minimum atomic E-state index is -0.638. The highest BCUT2D eigenvalue weighted by Crippen LogP contribution is 2.21. The first-order valence-corrected chi connectivity index (χ1v) is 6.05. The highest BCUT2D eigenvalue weighted by Gasteiger charge is 2.15. The van der Waals surface area contributed by atoms with Crippen LogP contribution in [0.25, 0.3) is 0 Å². The van der Waals surface area contributed by atoms with Crippen LogP contribution in [0.3, 0.4) is 0 Å². The summed E-state index contributed by atoms with van der Waals surface area (Å²) < 4.78 is 9.72. The van der Waals surface area contributed by atoms with Crippen LogP contribution in [-0.2, 0) is 4.74 Å². The van der Waals surface area contributed by atoms with Gasteiger partial charge in [0.25, 0.3) is 5.22 Å². The fourth-order valence-corrected chi connectivity index (χ4v) is 1.62. The van der Waals surface area contributed by atoms with Crippen molar-refractivity contribution in [1.29, 1.82) is 0 Å². The van der Waals surface area contributed by atoms with Gasteiger partial charge < -0.3 is 9.15 Å². The van der Waals surface area contributed by atoms with Crippen molar-refractivity contribution in [3.63, 3.8) is 0 Å². The number of carbonyl (C=O) groups is 1. The molecule has 5 nitrogen and oxygen atoms in total. The molecule has 1 heterocycles. The van der Waals surface area contributed by atoms with Crippen LogP contribution in [0.5, 0.6) is 0 Å². The fraction of sp³-hybridized carbons (Fsp3) is 0.375. The molecule has 0 amide bonds. The van der Waals surface area contributed by atoms with Crippen molar-refractivity contribution in [3.8, 4) is 0 Å². The second-order valence-electron chi connectivity index (χ2n) is 2.44. The third kappa shape index (κ3) is 4.03. The van der Waals surface area contributed by atoms with Gasteiger partial charge in [-0.25, -0.2) is 4.79 Å². The first-order valence-electron chi connectivity index (χ1n) is 4.25. The van der Waals surface area contributed by atoms with Gasteiger partial charge in [0.1, 0.15) is 0 Å². The molecule has 0 aliphatic rings. The van der Waals surface area contributed by atoms with Crippen LogP contribution in [0.1, 0.15) is 17.6 Å². The molecule has 0 aliphatic carbocycles. The summed E-state index contributed by atoms with van der Waals surface area (Å²) in [5.41, 5.74) is 1.25. The lowest BCUT2D eigenvalue weighted by atomic mass is 10.7. The van der Waals surface area contributed by atoms with E-state index in [-0.39, 0.29) is 17.7 Å². The number of thioether (sulfide) groups is 1. The Morgan fingerprint density at radius 1 is 1.62 bits per heavy atom. The minimum absolute atomic E-state index is 0.171. The Bertz CT molecular complexity index is 394. The summed E-state index contributed by atoms with van der Waals surface area (Å²) in [4.78, 5) is 11.2. The number of halogens is 2. The van der Waals surface area contributed by atoms with Gasteiger partial charge in [0, 0.05) is 16.3 Å². The van der Waals surface area contributed by atoms with E-state index in [2.05, 4.69) is 14.9 Å². The van der Waals surface area contributed by atoms with Gasteiger partial charge in [-0.1, -0.05) is 40.1 Å². The van der Waals surface area contributed by atoms with E-state index in [1.807, 2.05) is 0 Å². The van der Waals surface area contributed by atoms with Crippen molar-refractivity contribution in [2.24, 2.45) is 0 Å². The van der Waals surface area contributed by atoms with Crippen molar-refractivity contribution in [2.75, 3.05) is 12.4 Å². The Labute approximate surface area is 106 Å². The van der Waals surface area contributed by atoms with E-state index >= 15 is 0 Å². The molecule has 0 radical (unpaired) electrons. The molecule has 0 saturated carbocycles. The summed E-state index contributed by atoms with van der Waals surface area (Å²) in [5.74, 6) is -0.411. The summed E-state index contributed by atoms with van der Waals surface area (Å²) in [6, 6.07) is 0. The molecule has 8 heteroatoms. The first-order chi connectivity index (χ1) is 7.67. The predicted molar refractivity (Wildman–Crippen MR) is 60.8 cm³/mol. The lowest BCUT2D eigenvalue weighted by molar-refractivity contribution is 0.0475. The average molecular weight is 283 g/mol. The molecule has 16 heavy (non-hydrogen) atoms. The number of esters is 1. The standard InChI is InChI=1S/C8H8Cl2N2O3S/c1-2-14-7(13)6-11-12-8(15-6)16-4-5(10)3-9/h3H,2,4H2,1H3. The number of aromatic nitrogens is 2. The van der Waals surface area contributed by atoms with Gasteiger partial charge in [0.15, 0.2) is 0 Å². The number of rotatable bonds is 5. The molecular weight excluding hydrogens is 275 g/mol. The summed E-state index contributed by atoms with van der Waals surface area (Å²) in [6.07, 6.45) is 0.